The quantitative estimate of drug-likeness (QED) is 0.461. The highest BCUT2D eigenvalue weighted by Gasteiger charge is 2.49. The normalized spacial score (nSPS) is 49.8. The van der Waals surface area contributed by atoms with Crippen LogP contribution >= 0.6 is 0 Å². The van der Waals surface area contributed by atoms with Crippen molar-refractivity contribution >= 4 is 0 Å². The Labute approximate surface area is 87.9 Å². The van der Waals surface area contributed by atoms with Crippen LogP contribution in [-0.2, 0) is 14.2 Å². The maximum absolute atomic E-state index is 9.83. The molecule has 2 rings (SSSR count). The second-order valence-corrected chi connectivity index (χ2v) is 4.43. The van der Waals surface area contributed by atoms with Gasteiger partial charge in [-0.3, -0.25) is 0 Å². The van der Waals surface area contributed by atoms with E-state index in [1.54, 1.807) is 13.8 Å². The van der Waals surface area contributed by atoms with Gasteiger partial charge in [0.25, 0.3) is 0 Å². The molecule has 3 unspecified atom stereocenters. The molecule has 0 spiro atoms. The lowest BCUT2D eigenvalue weighted by Crippen LogP contribution is -2.66. The van der Waals surface area contributed by atoms with Crippen LogP contribution in [0.2, 0.25) is 0 Å². The number of ether oxygens (including phenoxy) is 3. The molecule has 2 saturated heterocycles. The van der Waals surface area contributed by atoms with E-state index >= 15 is 0 Å². The van der Waals surface area contributed by atoms with Gasteiger partial charge < -0.3 is 30.2 Å². The summed E-state index contributed by atoms with van der Waals surface area (Å²) < 4.78 is 16.1. The fourth-order valence-corrected chi connectivity index (χ4v) is 1.88. The highest BCUT2D eigenvalue weighted by molar-refractivity contribution is 4.94. The summed E-state index contributed by atoms with van der Waals surface area (Å²) in [6.45, 7) is 3.79. The molecule has 2 fully saturated rings. The maximum atomic E-state index is 9.83. The van der Waals surface area contributed by atoms with E-state index in [1.165, 1.54) is 0 Å². The van der Waals surface area contributed by atoms with Crippen molar-refractivity contribution in [3.63, 3.8) is 0 Å². The summed E-state index contributed by atoms with van der Waals surface area (Å²) in [5.41, 5.74) is 5.57. The zero-order valence-corrected chi connectivity index (χ0v) is 8.79. The molecule has 0 aromatic rings. The van der Waals surface area contributed by atoms with Crippen LogP contribution in [-0.4, -0.2) is 53.3 Å². The van der Waals surface area contributed by atoms with Gasteiger partial charge in [0.1, 0.15) is 18.3 Å². The lowest BCUT2D eigenvalue weighted by atomic mass is 9.96. The van der Waals surface area contributed by atoms with Crippen molar-refractivity contribution in [2.24, 2.45) is 5.73 Å². The Morgan fingerprint density at radius 1 is 1.33 bits per heavy atom. The van der Waals surface area contributed by atoms with E-state index < -0.39 is 36.4 Å². The van der Waals surface area contributed by atoms with Crippen LogP contribution in [0.15, 0.2) is 0 Å². The minimum Gasteiger partial charge on any atom is -0.388 e. The number of rotatable bonds is 0. The highest BCUT2D eigenvalue weighted by Crippen LogP contribution is 2.30. The molecule has 5 atom stereocenters. The molecule has 2 heterocycles. The van der Waals surface area contributed by atoms with Gasteiger partial charge in [-0.05, 0) is 13.8 Å². The summed E-state index contributed by atoms with van der Waals surface area (Å²) in [7, 11) is 0. The SMILES string of the molecule is CC1(C)OCC2O[C@@H](O)C(N)C(O)[C@@H]2O1. The van der Waals surface area contributed by atoms with Gasteiger partial charge in [-0.15, -0.1) is 0 Å². The van der Waals surface area contributed by atoms with Gasteiger partial charge in [0.05, 0.1) is 12.6 Å². The Hall–Kier alpha value is -0.240. The molecule has 0 bridgehead atoms. The largest absolute Gasteiger partial charge is 0.388 e. The zero-order valence-electron chi connectivity index (χ0n) is 8.79. The monoisotopic (exact) mass is 219 g/mol. The van der Waals surface area contributed by atoms with Crippen LogP contribution in [0.1, 0.15) is 13.8 Å². The summed E-state index contributed by atoms with van der Waals surface area (Å²) in [6.07, 6.45) is -3.13. The minimum absolute atomic E-state index is 0.276. The molecule has 0 saturated carbocycles. The second kappa shape index (κ2) is 3.65. The predicted octanol–water partition coefficient (Wildman–Crippen LogP) is -1.46. The third-order valence-electron chi connectivity index (χ3n) is 2.76. The van der Waals surface area contributed by atoms with Crippen molar-refractivity contribution in [1.29, 1.82) is 0 Å². The lowest BCUT2D eigenvalue weighted by Gasteiger charge is -2.48. The maximum Gasteiger partial charge on any atom is 0.173 e. The van der Waals surface area contributed by atoms with Crippen LogP contribution < -0.4 is 5.73 Å². The average Bonchev–Trinajstić information content (AvgIpc) is 2.16. The highest BCUT2D eigenvalue weighted by atomic mass is 16.7. The van der Waals surface area contributed by atoms with Gasteiger partial charge in [-0.1, -0.05) is 0 Å². The summed E-state index contributed by atoms with van der Waals surface area (Å²) in [6, 6.07) is -0.847. The standard InChI is InChI=1S/C9H17NO5/c1-9(2)13-3-4-7(15-9)6(11)5(10)8(12)14-4/h4-8,11-12H,3,10H2,1-2H3/t4?,5?,6?,7-,8-/m1/s1. The lowest BCUT2D eigenvalue weighted by molar-refractivity contribution is -0.363. The minimum atomic E-state index is -1.17. The van der Waals surface area contributed by atoms with E-state index in [2.05, 4.69) is 0 Å². The van der Waals surface area contributed by atoms with E-state index in [0.717, 1.165) is 0 Å². The summed E-state index contributed by atoms with van der Waals surface area (Å²) in [5.74, 6) is -0.756. The molecular formula is C9H17NO5. The summed E-state index contributed by atoms with van der Waals surface area (Å²) >= 11 is 0. The molecule has 0 amide bonds. The number of fused-ring (bicyclic) bond motifs is 1. The van der Waals surface area contributed by atoms with Gasteiger partial charge in [-0.2, -0.15) is 0 Å². The third kappa shape index (κ3) is 2.01. The fraction of sp³-hybridized carbons (Fsp3) is 1.00. The average molecular weight is 219 g/mol. The molecule has 2 aliphatic rings. The topological polar surface area (TPSA) is 94.2 Å². The van der Waals surface area contributed by atoms with Crippen LogP contribution in [0.5, 0.6) is 0 Å². The van der Waals surface area contributed by atoms with Crippen molar-refractivity contribution in [1.82, 2.24) is 0 Å². The number of aliphatic hydroxyl groups excluding tert-OH is 2. The number of hydrogen-bond donors (Lipinski definition) is 3. The van der Waals surface area contributed by atoms with Crippen LogP contribution in [0.25, 0.3) is 0 Å². The Balaban J connectivity index is 2.12. The van der Waals surface area contributed by atoms with Crippen LogP contribution in [0.4, 0.5) is 0 Å². The van der Waals surface area contributed by atoms with Crippen molar-refractivity contribution in [2.75, 3.05) is 6.61 Å². The van der Waals surface area contributed by atoms with E-state index in [-0.39, 0.29) is 6.61 Å². The molecule has 6 heteroatoms. The third-order valence-corrected chi connectivity index (χ3v) is 2.76. The first-order chi connectivity index (χ1) is 6.91. The molecule has 4 N–H and O–H groups in total. The molecule has 6 nitrogen and oxygen atoms in total. The van der Waals surface area contributed by atoms with E-state index in [4.69, 9.17) is 19.9 Å². The smallest absolute Gasteiger partial charge is 0.173 e. The van der Waals surface area contributed by atoms with Gasteiger partial charge in [0.2, 0.25) is 0 Å². The van der Waals surface area contributed by atoms with Gasteiger partial charge in [0, 0.05) is 0 Å². The fourth-order valence-electron chi connectivity index (χ4n) is 1.88. The molecular weight excluding hydrogens is 202 g/mol. The van der Waals surface area contributed by atoms with Gasteiger partial charge in [-0.25, -0.2) is 0 Å². The Morgan fingerprint density at radius 2 is 2.00 bits per heavy atom. The molecule has 2 aliphatic heterocycles. The molecule has 0 aromatic carbocycles. The predicted molar refractivity (Wildman–Crippen MR) is 49.8 cm³/mol. The van der Waals surface area contributed by atoms with Crippen molar-refractivity contribution in [3.05, 3.63) is 0 Å². The summed E-state index contributed by atoms with van der Waals surface area (Å²) in [5, 5.41) is 19.2. The van der Waals surface area contributed by atoms with Gasteiger partial charge >= 0.3 is 0 Å². The number of hydrogen-bond acceptors (Lipinski definition) is 6. The Bertz CT molecular complexity index is 245. The molecule has 0 radical (unpaired) electrons. The van der Waals surface area contributed by atoms with Crippen molar-refractivity contribution in [3.8, 4) is 0 Å². The first-order valence-corrected chi connectivity index (χ1v) is 5.00. The Morgan fingerprint density at radius 3 is 2.67 bits per heavy atom. The number of nitrogens with two attached hydrogens (primary N) is 1. The van der Waals surface area contributed by atoms with Gasteiger partial charge in [0.15, 0.2) is 12.1 Å². The number of aliphatic hydroxyl groups is 2. The second-order valence-electron chi connectivity index (χ2n) is 4.43. The molecule has 88 valence electrons. The zero-order chi connectivity index (χ0) is 11.2. The van der Waals surface area contributed by atoms with E-state index in [1.807, 2.05) is 0 Å². The Kier molecular flexibility index (Phi) is 2.74. The molecule has 0 aliphatic carbocycles. The van der Waals surface area contributed by atoms with Crippen LogP contribution in [0.3, 0.4) is 0 Å². The molecule has 15 heavy (non-hydrogen) atoms. The molecule has 0 aromatic heterocycles. The van der Waals surface area contributed by atoms with E-state index in [0.29, 0.717) is 0 Å². The van der Waals surface area contributed by atoms with Crippen LogP contribution in [0, 0.1) is 0 Å². The van der Waals surface area contributed by atoms with Crippen molar-refractivity contribution in [2.45, 2.75) is 50.3 Å². The first-order valence-electron chi connectivity index (χ1n) is 5.00. The first kappa shape index (κ1) is 11.3. The summed E-state index contributed by atoms with van der Waals surface area (Å²) in [4.78, 5) is 0. The van der Waals surface area contributed by atoms with Crippen molar-refractivity contribution < 1.29 is 24.4 Å². The van der Waals surface area contributed by atoms with E-state index in [9.17, 15) is 10.2 Å².